The van der Waals surface area contributed by atoms with Crippen LogP contribution in [0.25, 0.3) is 0 Å². The van der Waals surface area contributed by atoms with E-state index in [2.05, 4.69) is 29.8 Å². The molecule has 1 rings (SSSR count). The first-order valence-corrected chi connectivity index (χ1v) is 6.54. The number of amides is 2. The van der Waals surface area contributed by atoms with E-state index in [1.54, 1.807) is 7.05 Å². The fraction of sp³-hybridized carbons (Fsp3) is 0.500. The van der Waals surface area contributed by atoms with Gasteiger partial charge in [-0.25, -0.2) is 4.79 Å². The lowest BCUT2D eigenvalue weighted by molar-refractivity contribution is 0.254. The molecule has 0 aliphatic heterocycles. The van der Waals surface area contributed by atoms with Gasteiger partial charge in [-0.1, -0.05) is 20.3 Å². The maximum Gasteiger partial charge on any atom is 0.318 e. The second-order valence-corrected chi connectivity index (χ2v) is 4.32. The van der Waals surface area contributed by atoms with Crippen molar-refractivity contribution in [3.8, 4) is 0 Å². The zero-order chi connectivity index (χ0) is 13.4. The van der Waals surface area contributed by atoms with E-state index in [-0.39, 0.29) is 6.03 Å². The lowest BCUT2D eigenvalue weighted by Crippen LogP contribution is -2.24. The summed E-state index contributed by atoms with van der Waals surface area (Å²) in [6.07, 6.45) is 3.47. The fourth-order valence-corrected chi connectivity index (χ4v) is 1.81. The molecule has 0 aliphatic carbocycles. The summed E-state index contributed by atoms with van der Waals surface area (Å²) in [7, 11) is 1.60. The number of carbonyl (C=O) groups excluding carboxylic acids is 1. The van der Waals surface area contributed by atoms with Gasteiger partial charge >= 0.3 is 6.03 Å². The van der Waals surface area contributed by atoms with Crippen LogP contribution in [0, 0.1) is 0 Å². The molecule has 1 unspecified atom stereocenters. The predicted molar refractivity (Wildman–Crippen MR) is 77.1 cm³/mol. The van der Waals surface area contributed by atoms with Crippen LogP contribution in [-0.2, 0) is 0 Å². The van der Waals surface area contributed by atoms with Crippen molar-refractivity contribution in [1.82, 2.24) is 5.32 Å². The summed E-state index contributed by atoms with van der Waals surface area (Å²) in [6.45, 7) is 4.38. The molecule has 0 saturated carbocycles. The third kappa shape index (κ3) is 4.65. The van der Waals surface area contributed by atoms with Gasteiger partial charge in [0, 0.05) is 24.5 Å². The minimum Gasteiger partial charge on any atom is -0.382 e. The topological polar surface area (TPSA) is 53.2 Å². The standard InChI is InChI=1S/C14H23N3O/c1-4-6-11(5-2)16-12-7-9-13(10-8-12)17-14(18)15-3/h7-11,16H,4-6H2,1-3H3,(H2,15,17,18). The molecule has 4 nitrogen and oxygen atoms in total. The molecule has 0 bridgehead atoms. The highest BCUT2D eigenvalue weighted by Gasteiger charge is 2.04. The maximum absolute atomic E-state index is 11.1. The van der Waals surface area contributed by atoms with Crippen molar-refractivity contribution in [1.29, 1.82) is 0 Å². The van der Waals surface area contributed by atoms with Crippen LogP contribution in [0.5, 0.6) is 0 Å². The van der Waals surface area contributed by atoms with E-state index in [1.165, 1.54) is 12.8 Å². The Kier molecular flexibility index (Phi) is 6.05. The molecule has 2 amide bonds. The summed E-state index contributed by atoms with van der Waals surface area (Å²) >= 11 is 0. The van der Waals surface area contributed by atoms with Gasteiger partial charge in [-0.2, -0.15) is 0 Å². The monoisotopic (exact) mass is 249 g/mol. The van der Waals surface area contributed by atoms with E-state index in [1.807, 2.05) is 24.3 Å². The van der Waals surface area contributed by atoms with Crippen molar-refractivity contribution in [3.05, 3.63) is 24.3 Å². The first-order chi connectivity index (χ1) is 8.69. The number of rotatable bonds is 6. The molecular weight excluding hydrogens is 226 g/mol. The van der Waals surface area contributed by atoms with Crippen LogP contribution >= 0.6 is 0 Å². The van der Waals surface area contributed by atoms with Gasteiger partial charge in [0.1, 0.15) is 0 Å². The van der Waals surface area contributed by atoms with Gasteiger partial charge in [-0.15, -0.1) is 0 Å². The summed E-state index contributed by atoms with van der Waals surface area (Å²) < 4.78 is 0. The van der Waals surface area contributed by atoms with Crippen LogP contribution in [0.4, 0.5) is 16.2 Å². The molecule has 0 heterocycles. The minimum absolute atomic E-state index is 0.201. The van der Waals surface area contributed by atoms with Crippen LogP contribution < -0.4 is 16.0 Å². The van der Waals surface area contributed by atoms with E-state index in [9.17, 15) is 4.79 Å². The molecule has 0 aromatic heterocycles. The highest BCUT2D eigenvalue weighted by molar-refractivity contribution is 5.89. The summed E-state index contributed by atoms with van der Waals surface area (Å²) in [5.41, 5.74) is 1.89. The van der Waals surface area contributed by atoms with Crippen molar-refractivity contribution >= 4 is 17.4 Å². The largest absolute Gasteiger partial charge is 0.382 e. The van der Waals surface area contributed by atoms with Crippen molar-refractivity contribution < 1.29 is 4.79 Å². The van der Waals surface area contributed by atoms with E-state index in [4.69, 9.17) is 0 Å². The second kappa shape index (κ2) is 7.58. The Hall–Kier alpha value is -1.71. The molecule has 4 heteroatoms. The third-order valence-electron chi connectivity index (χ3n) is 2.87. The fourth-order valence-electron chi connectivity index (χ4n) is 1.81. The summed E-state index contributed by atoms with van der Waals surface area (Å²) in [5.74, 6) is 0. The minimum atomic E-state index is -0.201. The van der Waals surface area contributed by atoms with Crippen molar-refractivity contribution in [2.45, 2.75) is 39.2 Å². The number of hydrogen-bond acceptors (Lipinski definition) is 2. The molecule has 0 radical (unpaired) electrons. The number of carbonyl (C=O) groups is 1. The smallest absolute Gasteiger partial charge is 0.318 e. The molecule has 0 aliphatic rings. The van der Waals surface area contributed by atoms with Crippen LogP contribution in [0.2, 0.25) is 0 Å². The Bertz CT molecular complexity index is 362. The Morgan fingerprint density at radius 2 is 1.78 bits per heavy atom. The van der Waals surface area contributed by atoms with Gasteiger partial charge < -0.3 is 16.0 Å². The molecule has 1 aromatic carbocycles. The van der Waals surface area contributed by atoms with Gasteiger partial charge in [0.15, 0.2) is 0 Å². The lowest BCUT2D eigenvalue weighted by atomic mass is 10.1. The SMILES string of the molecule is CCCC(CC)Nc1ccc(NC(=O)NC)cc1. The molecule has 0 spiro atoms. The van der Waals surface area contributed by atoms with E-state index in [0.717, 1.165) is 17.8 Å². The molecule has 18 heavy (non-hydrogen) atoms. The van der Waals surface area contributed by atoms with Gasteiger partial charge in [0.25, 0.3) is 0 Å². The molecule has 1 atom stereocenters. The zero-order valence-electron chi connectivity index (χ0n) is 11.4. The average Bonchev–Trinajstić information content (AvgIpc) is 2.40. The third-order valence-corrected chi connectivity index (χ3v) is 2.87. The van der Waals surface area contributed by atoms with Crippen LogP contribution in [0.3, 0.4) is 0 Å². The summed E-state index contributed by atoms with van der Waals surface area (Å²) in [5, 5.41) is 8.75. The first kappa shape index (κ1) is 14.4. The molecular formula is C14H23N3O. The summed E-state index contributed by atoms with van der Waals surface area (Å²) in [4.78, 5) is 11.1. The van der Waals surface area contributed by atoms with E-state index < -0.39 is 0 Å². The number of benzene rings is 1. The van der Waals surface area contributed by atoms with Crippen molar-refractivity contribution in [2.24, 2.45) is 0 Å². The molecule has 0 fully saturated rings. The normalized spacial score (nSPS) is 11.7. The Balaban J connectivity index is 2.56. The Morgan fingerprint density at radius 1 is 1.17 bits per heavy atom. The van der Waals surface area contributed by atoms with Crippen LogP contribution in [-0.4, -0.2) is 19.1 Å². The van der Waals surface area contributed by atoms with Gasteiger partial charge in [-0.05, 0) is 37.1 Å². The number of anilines is 2. The van der Waals surface area contributed by atoms with Crippen molar-refractivity contribution in [3.63, 3.8) is 0 Å². The number of urea groups is 1. The van der Waals surface area contributed by atoms with Crippen molar-refractivity contribution in [2.75, 3.05) is 17.7 Å². The Labute approximate surface area is 109 Å². The zero-order valence-corrected chi connectivity index (χ0v) is 11.4. The van der Waals surface area contributed by atoms with Gasteiger partial charge in [0.05, 0.1) is 0 Å². The number of hydrogen-bond donors (Lipinski definition) is 3. The van der Waals surface area contributed by atoms with E-state index in [0.29, 0.717) is 6.04 Å². The highest BCUT2D eigenvalue weighted by atomic mass is 16.2. The molecule has 100 valence electrons. The van der Waals surface area contributed by atoms with Gasteiger partial charge in [-0.3, -0.25) is 0 Å². The molecule has 1 aromatic rings. The van der Waals surface area contributed by atoms with Crippen LogP contribution in [0.1, 0.15) is 33.1 Å². The lowest BCUT2D eigenvalue weighted by Gasteiger charge is -2.17. The van der Waals surface area contributed by atoms with E-state index >= 15 is 0 Å². The Morgan fingerprint density at radius 3 is 2.28 bits per heavy atom. The predicted octanol–water partition coefficient (Wildman–Crippen LogP) is 3.43. The second-order valence-electron chi connectivity index (χ2n) is 4.32. The van der Waals surface area contributed by atoms with Gasteiger partial charge in [0.2, 0.25) is 0 Å². The quantitative estimate of drug-likeness (QED) is 0.723. The highest BCUT2D eigenvalue weighted by Crippen LogP contribution is 2.16. The maximum atomic E-state index is 11.1. The summed E-state index contributed by atoms with van der Waals surface area (Å²) in [6, 6.07) is 8.10. The molecule has 3 N–H and O–H groups in total. The van der Waals surface area contributed by atoms with Crippen LogP contribution in [0.15, 0.2) is 24.3 Å². The average molecular weight is 249 g/mol. The number of nitrogens with one attached hydrogen (secondary N) is 3. The molecule has 0 saturated heterocycles. The first-order valence-electron chi connectivity index (χ1n) is 6.54.